The summed E-state index contributed by atoms with van der Waals surface area (Å²) in [4.78, 5) is 0. The van der Waals surface area contributed by atoms with Crippen molar-refractivity contribution in [3.8, 4) is 0 Å². The third-order valence-corrected chi connectivity index (χ3v) is 5.84. The Kier molecular flexibility index (Phi) is 12.2. The molecule has 24 heavy (non-hydrogen) atoms. The molecule has 146 valence electrons. The Labute approximate surface area is 164 Å². The van der Waals surface area contributed by atoms with Crippen LogP contribution in [0.3, 0.4) is 0 Å². The predicted molar refractivity (Wildman–Crippen MR) is 102 cm³/mol. The Morgan fingerprint density at radius 2 is 1.50 bits per heavy atom. The van der Waals surface area contributed by atoms with E-state index < -0.39 is 10.0 Å². The summed E-state index contributed by atoms with van der Waals surface area (Å²) in [7, 11) is 1.09. The van der Waals surface area contributed by atoms with E-state index in [1.807, 2.05) is 17.3 Å². The number of hydrogen-bond acceptors (Lipinski definition) is 2. The van der Waals surface area contributed by atoms with Crippen LogP contribution in [0.1, 0.15) is 67.2 Å². The van der Waals surface area contributed by atoms with E-state index in [0.29, 0.717) is 0 Å². The zero-order chi connectivity index (χ0) is 18.5. The van der Waals surface area contributed by atoms with Crippen molar-refractivity contribution in [3.05, 3.63) is 17.9 Å². The average Bonchev–Trinajstić information content (AvgIpc) is 2.39. The van der Waals surface area contributed by atoms with Gasteiger partial charge in [0.15, 0.2) is 0 Å². The van der Waals surface area contributed by atoms with Crippen LogP contribution in [0.15, 0.2) is 0 Å². The fourth-order valence-electron chi connectivity index (χ4n) is 3.50. The second-order valence-corrected chi connectivity index (χ2v) is 10.3. The van der Waals surface area contributed by atoms with Crippen molar-refractivity contribution >= 4 is 19.7 Å². The number of halogens is 1. The average molecular weight is 468 g/mol. The molecule has 1 fully saturated rings. The van der Waals surface area contributed by atoms with Crippen LogP contribution < -0.4 is 0 Å². The van der Waals surface area contributed by atoms with Gasteiger partial charge in [-0.3, -0.25) is 0 Å². The SMILES string of the molecule is CC(C)(C)C(CS(=O)(=O)[N-]C1CCCCC1[NH-])C(C)(C)C.[CH3-].[Cl][Ru+3]. The van der Waals surface area contributed by atoms with Crippen LogP contribution in [0.4, 0.5) is 0 Å². The van der Waals surface area contributed by atoms with E-state index in [1.54, 1.807) is 0 Å². The van der Waals surface area contributed by atoms with Gasteiger partial charge in [0, 0.05) is 5.75 Å². The molecule has 0 aliphatic heterocycles. The van der Waals surface area contributed by atoms with Crippen LogP contribution in [0.2, 0.25) is 0 Å². The van der Waals surface area contributed by atoms with Crippen molar-refractivity contribution in [1.29, 1.82) is 0 Å². The first-order valence-electron chi connectivity index (χ1n) is 8.12. The third-order valence-electron chi connectivity index (χ3n) is 4.49. The molecule has 2 unspecified atom stereocenters. The van der Waals surface area contributed by atoms with Crippen LogP contribution in [-0.4, -0.2) is 26.3 Å². The second kappa shape index (κ2) is 10.8. The summed E-state index contributed by atoms with van der Waals surface area (Å²) in [5.74, 6) is 0.120. The predicted octanol–water partition coefficient (Wildman–Crippen LogP) is 5.90. The summed E-state index contributed by atoms with van der Waals surface area (Å²) in [6.07, 6.45) is 3.52. The third kappa shape index (κ3) is 9.47. The summed E-state index contributed by atoms with van der Waals surface area (Å²) in [6, 6.07) is -0.680. The molecule has 1 saturated carbocycles. The van der Waals surface area contributed by atoms with Gasteiger partial charge in [0.1, 0.15) is 0 Å². The number of hydrogen-bond donors (Lipinski definition) is 0. The second-order valence-electron chi connectivity index (χ2n) is 8.60. The summed E-state index contributed by atoms with van der Waals surface area (Å²) < 4.78 is 29.1. The Bertz CT molecular complexity index is 430. The van der Waals surface area contributed by atoms with Crippen molar-refractivity contribution in [2.75, 3.05) is 5.75 Å². The Balaban J connectivity index is 0. The van der Waals surface area contributed by atoms with Gasteiger partial charge < -0.3 is 17.9 Å². The zero-order valence-electron chi connectivity index (χ0n) is 16.2. The Morgan fingerprint density at radius 1 is 1.08 bits per heavy atom. The van der Waals surface area contributed by atoms with Gasteiger partial charge in [0.25, 0.3) is 0 Å². The summed E-state index contributed by atoms with van der Waals surface area (Å²) in [5, 5.41) is 0. The van der Waals surface area contributed by atoms with E-state index in [4.69, 9.17) is 5.73 Å². The fraction of sp³-hybridized carbons (Fsp3) is 0.941. The molecule has 0 saturated heterocycles. The molecule has 1 aliphatic carbocycles. The molecule has 1 aliphatic rings. The van der Waals surface area contributed by atoms with Crippen molar-refractivity contribution in [1.82, 2.24) is 0 Å². The van der Waals surface area contributed by atoms with Crippen LogP contribution in [0, 0.1) is 24.2 Å². The molecule has 1 N–H and O–H groups in total. The molecular formula is C17H35ClN2O2RuS. The molecule has 0 radical (unpaired) electrons. The first kappa shape index (κ1) is 27.0. The number of rotatable bonds is 4. The minimum atomic E-state index is -3.47. The van der Waals surface area contributed by atoms with Crippen molar-refractivity contribution in [2.45, 2.75) is 79.3 Å². The van der Waals surface area contributed by atoms with Crippen molar-refractivity contribution in [2.24, 2.45) is 16.7 Å². The zero-order valence-corrected chi connectivity index (χ0v) is 19.5. The molecule has 0 heterocycles. The van der Waals surface area contributed by atoms with Crippen LogP contribution in [0.25, 0.3) is 10.5 Å². The van der Waals surface area contributed by atoms with E-state index in [1.165, 1.54) is 0 Å². The summed E-state index contributed by atoms with van der Waals surface area (Å²) in [6.45, 7) is 12.5. The summed E-state index contributed by atoms with van der Waals surface area (Å²) >= 11 is 1.82. The van der Waals surface area contributed by atoms with Crippen molar-refractivity contribution < 1.29 is 25.7 Å². The first-order valence-corrected chi connectivity index (χ1v) is 12.0. The molecule has 0 spiro atoms. The fourth-order valence-corrected chi connectivity index (χ4v) is 5.67. The summed E-state index contributed by atoms with van der Waals surface area (Å²) in [5.41, 5.74) is 7.80. The Morgan fingerprint density at radius 3 is 1.88 bits per heavy atom. The van der Waals surface area contributed by atoms with E-state index in [2.05, 4.69) is 56.0 Å². The maximum atomic E-state index is 12.5. The van der Waals surface area contributed by atoms with Gasteiger partial charge in [-0.15, -0.1) is 6.04 Å². The van der Waals surface area contributed by atoms with Crippen molar-refractivity contribution in [3.63, 3.8) is 0 Å². The Hall–Kier alpha value is 0.783. The molecule has 2 atom stereocenters. The molecule has 0 aromatic heterocycles. The van der Waals surface area contributed by atoms with Gasteiger partial charge in [-0.1, -0.05) is 67.2 Å². The molecule has 1 rings (SSSR count). The van der Waals surface area contributed by atoms with Crippen LogP contribution in [0.5, 0.6) is 0 Å². The molecule has 0 aromatic rings. The first-order chi connectivity index (χ1) is 10.3. The normalized spacial score (nSPS) is 22.4. The van der Waals surface area contributed by atoms with Gasteiger partial charge in [-0.2, -0.15) is 6.04 Å². The van der Waals surface area contributed by atoms with Crippen LogP contribution in [-0.2, 0) is 27.3 Å². The van der Waals surface area contributed by atoms with E-state index in [9.17, 15) is 8.42 Å². The van der Waals surface area contributed by atoms with Gasteiger partial charge in [-0.05, 0) is 16.7 Å². The number of nitrogens with zero attached hydrogens (tertiary/aromatic N) is 1. The quantitative estimate of drug-likeness (QED) is 0.381. The number of nitrogens with one attached hydrogen (secondary N) is 1. The van der Waals surface area contributed by atoms with Crippen LogP contribution >= 0.6 is 9.69 Å². The van der Waals surface area contributed by atoms with Gasteiger partial charge in [0.2, 0.25) is 0 Å². The van der Waals surface area contributed by atoms with E-state index in [-0.39, 0.29) is 42.0 Å². The van der Waals surface area contributed by atoms with Gasteiger partial charge in [0.05, 0.1) is 10.0 Å². The molecule has 4 nitrogen and oxygen atoms in total. The molecule has 0 bridgehead atoms. The van der Waals surface area contributed by atoms with E-state index >= 15 is 0 Å². The molecule has 7 heteroatoms. The minimum absolute atomic E-state index is 0. The monoisotopic (exact) mass is 468 g/mol. The number of sulfonamides is 1. The maximum absolute atomic E-state index is 12.5. The molecule has 0 amide bonds. The van der Waals surface area contributed by atoms with Gasteiger partial charge in [-0.25, -0.2) is 8.42 Å². The standard InChI is InChI=1S/C16H32N2O2S.CH3.ClH.Ru/c1-15(2,3)14(16(4,5)6)11-21(19,20)18-13-10-8-7-9-12(13)17;;;/h12-14,17H,7-11H2,1-6H3;1H3;1H;/q-2;-1;;+4/p-1. The molecular weight excluding hydrogens is 433 g/mol. The van der Waals surface area contributed by atoms with Gasteiger partial charge >= 0.3 is 27.0 Å². The van der Waals surface area contributed by atoms with E-state index in [0.717, 1.165) is 25.7 Å². The topological polar surface area (TPSA) is 72.0 Å². The molecule has 0 aromatic carbocycles.